The minimum absolute atomic E-state index is 0.165. The first-order chi connectivity index (χ1) is 12.1. The van der Waals surface area contributed by atoms with Crippen molar-refractivity contribution in [3.05, 3.63) is 34.9 Å². The van der Waals surface area contributed by atoms with Crippen LogP contribution in [-0.2, 0) is 0 Å². The van der Waals surface area contributed by atoms with Gasteiger partial charge >= 0.3 is 0 Å². The zero-order chi connectivity index (χ0) is 17.7. The second kappa shape index (κ2) is 8.49. The number of nitrogens with zero attached hydrogens (tertiary/aromatic N) is 1. The average Bonchev–Trinajstić information content (AvgIpc) is 2.62. The molecule has 1 aromatic carbocycles. The minimum atomic E-state index is -0.647. The maximum atomic E-state index is 12.1. The van der Waals surface area contributed by atoms with Gasteiger partial charge in [0.25, 0.3) is 5.91 Å². The maximum Gasteiger partial charge on any atom is 0.252 e. The third kappa shape index (κ3) is 4.53. The number of benzene rings is 1. The Morgan fingerprint density at radius 1 is 1.24 bits per heavy atom. The summed E-state index contributed by atoms with van der Waals surface area (Å²) in [6, 6.07) is 7.31. The van der Waals surface area contributed by atoms with Crippen LogP contribution in [-0.4, -0.2) is 60.3 Å². The Balaban J connectivity index is 1.42. The van der Waals surface area contributed by atoms with Crippen LogP contribution in [0.5, 0.6) is 0 Å². The standard InChI is InChI=1S/C19H28ClN3O2/c20-16-7-2-1-6-15(16)18(24)22-11-10-21-14-19(25)9-5-13-23-12-4-3-8-17(19)23/h1-2,6-7,17,21,25H,3-5,8-14H2,(H,22,24)/t17-,19-/m1/s1. The molecule has 2 atom stereocenters. The molecule has 0 unspecified atom stereocenters. The number of carbonyl (C=O) groups excluding carboxylic acids is 1. The van der Waals surface area contributed by atoms with Crippen LogP contribution in [0.1, 0.15) is 42.5 Å². The van der Waals surface area contributed by atoms with Crippen LogP contribution < -0.4 is 10.6 Å². The van der Waals surface area contributed by atoms with Crippen molar-refractivity contribution in [2.24, 2.45) is 0 Å². The number of carbonyl (C=O) groups is 1. The molecule has 6 heteroatoms. The highest BCUT2D eigenvalue weighted by atomic mass is 35.5. The number of amides is 1. The van der Waals surface area contributed by atoms with Gasteiger partial charge in [0.05, 0.1) is 16.2 Å². The number of nitrogens with one attached hydrogen (secondary N) is 2. The maximum absolute atomic E-state index is 12.1. The molecule has 0 spiro atoms. The van der Waals surface area contributed by atoms with E-state index in [1.807, 2.05) is 0 Å². The number of hydrogen-bond acceptors (Lipinski definition) is 4. The highest BCUT2D eigenvalue weighted by Crippen LogP contribution is 2.33. The van der Waals surface area contributed by atoms with Gasteiger partial charge in [-0.3, -0.25) is 9.69 Å². The lowest BCUT2D eigenvalue weighted by Gasteiger charge is -2.49. The van der Waals surface area contributed by atoms with Crippen LogP contribution in [0.2, 0.25) is 5.02 Å². The first-order valence-corrected chi connectivity index (χ1v) is 9.68. The largest absolute Gasteiger partial charge is 0.387 e. The average molecular weight is 366 g/mol. The van der Waals surface area contributed by atoms with Crippen molar-refractivity contribution in [2.75, 3.05) is 32.7 Å². The Morgan fingerprint density at radius 2 is 2.04 bits per heavy atom. The van der Waals surface area contributed by atoms with Crippen LogP contribution in [0.4, 0.5) is 0 Å². The molecule has 1 aromatic rings. The second-order valence-corrected chi connectivity index (χ2v) is 7.57. The van der Waals surface area contributed by atoms with E-state index in [1.54, 1.807) is 24.3 Å². The molecule has 0 aliphatic carbocycles. The number of halogens is 1. The van der Waals surface area contributed by atoms with Crippen LogP contribution in [0.15, 0.2) is 24.3 Å². The predicted molar refractivity (Wildman–Crippen MR) is 100 cm³/mol. The van der Waals surface area contributed by atoms with Crippen molar-refractivity contribution in [3.8, 4) is 0 Å². The molecule has 0 bridgehead atoms. The van der Waals surface area contributed by atoms with Crippen molar-refractivity contribution in [1.29, 1.82) is 0 Å². The first kappa shape index (κ1) is 18.6. The van der Waals surface area contributed by atoms with Crippen molar-refractivity contribution in [2.45, 2.75) is 43.7 Å². The van der Waals surface area contributed by atoms with Gasteiger partial charge in [-0.05, 0) is 50.9 Å². The summed E-state index contributed by atoms with van der Waals surface area (Å²) >= 11 is 6.03. The van der Waals surface area contributed by atoms with Crippen molar-refractivity contribution in [1.82, 2.24) is 15.5 Å². The number of piperidine rings is 2. The van der Waals surface area contributed by atoms with Crippen molar-refractivity contribution in [3.63, 3.8) is 0 Å². The van der Waals surface area contributed by atoms with Gasteiger partial charge in [-0.15, -0.1) is 0 Å². The van der Waals surface area contributed by atoms with E-state index in [9.17, 15) is 9.90 Å². The second-order valence-electron chi connectivity index (χ2n) is 7.17. The highest BCUT2D eigenvalue weighted by molar-refractivity contribution is 6.33. The van der Waals surface area contributed by atoms with E-state index in [0.29, 0.717) is 30.2 Å². The molecular formula is C19H28ClN3O2. The molecule has 2 aliphatic heterocycles. The Bertz CT molecular complexity index is 596. The molecule has 2 fully saturated rings. The van der Waals surface area contributed by atoms with Gasteiger partial charge < -0.3 is 15.7 Å². The van der Waals surface area contributed by atoms with Crippen LogP contribution in [0.25, 0.3) is 0 Å². The third-order valence-corrected chi connectivity index (χ3v) is 5.76. The first-order valence-electron chi connectivity index (χ1n) is 9.30. The Labute approximate surface area is 154 Å². The summed E-state index contributed by atoms with van der Waals surface area (Å²) in [5, 5.41) is 17.7. The quantitative estimate of drug-likeness (QED) is 0.675. The zero-order valence-corrected chi connectivity index (χ0v) is 15.4. The normalized spacial score (nSPS) is 26.9. The van der Waals surface area contributed by atoms with Crippen LogP contribution in [0, 0.1) is 0 Å². The van der Waals surface area contributed by atoms with Gasteiger partial charge in [-0.2, -0.15) is 0 Å². The molecule has 25 heavy (non-hydrogen) atoms. The number of aliphatic hydroxyl groups is 1. The molecule has 2 heterocycles. The Hall–Kier alpha value is -1.14. The molecule has 138 valence electrons. The van der Waals surface area contributed by atoms with E-state index >= 15 is 0 Å². The molecule has 1 amide bonds. The predicted octanol–water partition coefficient (Wildman–Crippen LogP) is 2.04. The minimum Gasteiger partial charge on any atom is -0.387 e. The zero-order valence-electron chi connectivity index (χ0n) is 14.6. The molecular weight excluding hydrogens is 338 g/mol. The molecule has 5 nitrogen and oxygen atoms in total. The third-order valence-electron chi connectivity index (χ3n) is 5.43. The van der Waals surface area contributed by atoms with E-state index in [2.05, 4.69) is 15.5 Å². The molecule has 2 aliphatic rings. The van der Waals surface area contributed by atoms with E-state index in [1.165, 1.54) is 12.8 Å². The van der Waals surface area contributed by atoms with Crippen molar-refractivity contribution < 1.29 is 9.90 Å². The van der Waals surface area contributed by atoms with Gasteiger partial charge in [0.15, 0.2) is 0 Å². The molecule has 3 N–H and O–H groups in total. The summed E-state index contributed by atoms with van der Waals surface area (Å²) in [5.41, 5.74) is -0.154. The van der Waals surface area contributed by atoms with E-state index in [4.69, 9.17) is 11.6 Å². The molecule has 0 saturated carbocycles. The number of rotatable bonds is 6. The van der Waals surface area contributed by atoms with Crippen LogP contribution in [0.3, 0.4) is 0 Å². The molecule has 2 saturated heterocycles. The Morgan fingerprint density at radius 3 is 2.88 bits per heavy atom. The van der Waals surface area contributed by atoms with Crippen LogP contribution >= 0.6 is 11.6 Å². The van der Waals surface area contributed by atoms with Gasteiger partial charge in [0.2, 0.25) is 0 Å². The van der Waals surface area contributed by atoms with E-state index < -0.39 is 5.60 Å². The summed E-state index contributed by atoms with van der Waals surface area (Å²) in [6.07, 6.45) is 5.44. The monoisotopic (exact) mass is 365 g/mol. The lowest BCUT2D eigenvalue weighted by molar-refractivity contribution is -0.0916. The fourth-order valence-electron chi connectivity index (χ4n) is 4.14. The van der Waals surface area contributed by atoms with E-state index in [-0.39, 0.29) is 11.9 Å². The topological polar surface area (TPSA) is 64.6 Å². The van der Waals surface area contributed by atoms with Gasteiger partial charge in [0, 0.05) is 25.7 Å². The summed E-state index contributed by atoms with van der Waals surface area (Å²) in [6.45, 7) is 3.94. The fourth-order valence-corrected chi connectivity index (χ4v) is 4.36. The number of hydrogen-bond donors (Lipinski definition) is 3. The smallest absolute Gasteiger partial charge is 0.252 e. The molecule has 0 aromatic heterocycles. The van der Waals surface area contributed by atoms with Gasteiger partial charge in [0.1, 0.15) is 0 Å². The Kier molecular flexibility index (Phi) is 6.34. The van der Waals surface area contributed by atoms with Gasteiger partial charge in [-0.25, -0.2) is 0 Å². The van der Waals surface area contributed by atoms with E-state index in [0.717, 1.165) is 32.4 Å². The summed E-state index contributed by atoms with van der Waals surface area (Å²) in [5.74, 6) is -0.165. The molecule has 0 radical (unpaired) electrons. The number of fused-ring (bicyclic) bond motifs is 1. The van der Waals surface area contributed by atoms with Gasteiger partial charge in [-0.1, -0.05) is 30.2 Å². The summed E-state index contributed by atoms with van der Waals surface area (Å²) in [4.78, 5) is 14.6. The summed E-state index contributed by atoms with van der Waals surface area (Å²) < 4.78 is 0. The molecule has 3 rings (SSSR count). The SMILES string of the molecule is O=C(NCCNC[C@]1(O)CCCN2CCCC[C@@H]21)c1ccccc1Cl. The highest BCUT2D eigenvalue weighted by Gasteiger charge is 2.43. The summed E-state index contributed by atoms with van der Waals surface area (Å²) in [7, 11) is 0. The lowest BCUT2D eigenvalue weighted by atomic mass is 9.79. The lowest BCUT2D eigenvalue weighted by Crippen LogP contribution is -2.62. The van der Waals surface area contributed by atoms with Crippen molar-refractivity contribution >= 4 is 17.5 Å². The fraction of sp³-hybridized carbons (Fsp3) is 0.632.